The van der Waals surface area contributed by atoms with Gasteiger partial charge in [0.15, 0.2) is 0 Å². The van der Waals surface area contributed by atoms with Gasteiger partial charge >= 0.3 is 0 Å². The fourth-order valence-electron chi connectivity index (χ4n) is 7.02. The number of rotatable bonds is 2. The minimum absolute atomic E-state index is 1.06. The number of hydrogen-bond donors (Lipinski definition) is 0. The van der Waals surface area contributed by atoms with E-state index in [4.69, 9.17) is 9.97 Å². The van der Waals surface area contributed by atoms with Crippen LogP contribution in [-0.4, -0.2) is 9.97 Å². The van der Waals surface area contributed by atoms with E-state index in [1.165, 1.54) is 90.4 Å². The molecule has 0 aliphatic rings. The zero-order valence-electron chi connectivity index (χ0n) is 24.7. The molecule has 0 amide bonds. The van der Waals surface area contributed by atoms with Gasteiger partial charge in [-0.25, -0.2) is 9.97 Å². The van der Waals surface area contributed by atoms with Crippen molar-refractivity contribution in [1.29, 1.82) is 0 Å². The average Bonchev–Trinajstić information content (AvgIpc) is 3.95. The van der Waals surface area contributed by atoms with Gasteiger partial charge < -0.3 is 0 Å². The number of fused-ring (bicyclic) bond motifs is 13. The zero-order chi connectivity index (χ0) is 31.1. The number of benzene rings is 6. The molecule has 0 bridgehead atoms. The van der Waals surface area contributed by atoms with Gasteiger partial charge in [0.05, 0.1) is 39.2 Å². The summed E-state index contributed by atoms with van der Waals surface area (Å²) >= 11 is 11.2. The molecule has 0 atom stereocenters. The lowest BCUT2D eigenvalue weighted by Crippen LogP contribution is -1.77. The van der Waals surface area contributed by atoms with Crippen molar-refractivity contribution in [3.05, 3.63) is 109 Å². The highest BCUT2D eigenvalue weighted by Crippen LogP contribution is 2.47. The van der Waals surface area contributed by atoms with Crippen molar-refractivity contribution in [1.82, 2.24) is 9.97 Å². The summed E-state index contributed by atoms with van der Waals surface area (Å²) < 4.78 is 13.4. The maximum atomic E-state index is 5.14. The van der Waals surface area contributed by atoms with Crippen molar-refractivity contribution in [2.24, 2.45) is 0 Å². The molecule has 2 nitrogen and oxygen atoms in total. The highest BCUT2D eigenvalue weighted by molar-refractivity contribution is 7.37. The van der Waals surface area contributed by atoms with Crippen LogP contribution in [0, 0.1) is 0 Å². The summed E-state index contributed by atoms with van der Waals surface area (Å²) in [6, 6.07) is 40.3. The Morgan fingerprint density at radius 2 is 0.750 bits per heavy atom. The summed E-state index contributed by atoms with van der Waals surface area (Å²) in [7, 11) is 0. The second kappa shape index (κ2) is 9.66. The van der Waals surface area contributed by atoms with Gasteiger partial charge in [0.25, 0.3) is 0 Å². The molecule has 0 aliphatic heterocycles. The van der Waals surface area contributed by atoms with E-state index >= 15 is 0 Å². The summed E-state index contributed by atoms with van der Waals surface area (Å²) in [4.78, 5) is 10.3. The van der Waals surface area contributed by atoms with E-state index in [0.29, 0.717) is 0 Å². The molecular formula is C40H18N2S6. The number of thiazole rings is 2. The molecule has 0 unspecified atom stereocenters. The summed E-state index contributed by atoms with van der Waals surface area (Å²) in [6.07, 6.45) is 0. The summed E-state index contributed by atoms with van der Waals surface area (Å²) in [6.45, 7) is 0. The molecular weight excluding hydrogens is 701 g/mol. The van der Waals surface area contributed by atoms with Crippen LogP contribution in [0.4, 0.5) is 0 Å². The third-order valence-electron chi connectivity index (χ3n) is 9.32. The Hall–Kier alpha value is -4.28. The van der Waals surface area contributed by atoms with Crippen molar-refractivity contribution in [2.45, 2.75) is 0 Å². The molecule has 0 radical (unpaired) electrons. The normalized spacial score (nSPS) is 12.6. The highest BCUT2D eigenvalue weighted by atomic mass is 32.1. The SMILES string of the molecule is c1ccc2c(c1)sc1c3ccc(-c4nc5cc6cc7sc(-c8ccc9c(c8)sc8c%10ccccc%10sc98)nc7cc6cc5s4)cc3sc21. The van der Waals surface area contributed by atoms with Gasteiger partial charge in [-0.3, -0.25) is 0 Å². The third kappa shape index (κ3) is 3.76. The van der Waals surface area contributed by atoms with E-state index in [0.717, 1.165) is 21.0 Å². The van der Waals surface area contributed by atoms with E-state index < -0.39 is 0 Å². The molecule has 48 heavy (non-hydrogen) atoms. The second-order valence-electron chi connectivity index (χ2n) is 12.2. The zero-order valence-corrected chi connectivity index (χ0v) is 29.6. The Bertz CT molecular complexity index is 3020. The Labute approximate surface area is 296 Å². The third-order valence-corrected chi connectivity index (χ3v) is 16.5. The molecule has 0 saturated carbocycles. The van der Waals surface area contributed by atoms with Crippen LogP contribution in [-0.2, 0) is 0 Å². The van der Waals surface area contributed by atoms with Gasteiger partial charge in [-0.15, -0.1) is 68.0 Å². The number of aromatic nitrogens is 2. The van der Waals surface area contributed by atoms with Crippen LogP contribution >= 0.6 is 68.0 Å². The standard InChI is InChI=1S/C40H18N2S6/c1-3-7-29-23(5-1)35-37(43-29)25-11-9-19(15-31(25)45-35)39-41-27-13-21-18-34-28(14-22(21)17-33(27)47-39)42-40(48-34)20-10-12-26-32(16-20)46-36-24-6-2-4-8-30(24)44-38(26)36/h1-18H. The molecule has 224 valence electrons. The van der Waals surface area contributed by atoms with Crippen LogP contribution in [0.5, 0.6) is 0 Å². The predicted octanol–water partition coefficient (Wildman–Crippen LogP) is 14.6. The second-order valence-corrected chi connectivity index (χ2v) is 18.4. The molecule has 12 rings (SSSR count). The molecule has 0 fully saturated rings. The number of thiophene rings is 4. The fourth-order valence-corrected chi connectivity index (χ4v) is 14.4. The Kier molecular flexibility index (Phi) is 5.36. The first-order valence-electron chi connectivity index (χ1n) is 15.5. The van der Waals surface area contributed by atoms with Gasteiger partial charge in [0.2, 0.25) is 0 Å². The molecule has 6 heterocycles. The molecule has 0 N–H and O–H groups in total. The topological polar surface area (TPSA) is 25.8 Å². The van der Waals surface area contributed by atoms with Crippen LogP contribution in [0.15, 0.2) is 109 Å². The van der Waals surface area contributed by atoms with Crippen molar-refractivity contribution in [2.75, 3.05) is 0 Å². The first-order chi connectivity index (χ1) is 23.7. The molecule has 12 aromatic rings. The smallest absolute Gasteiger partial charge is 0.124 e. The lowest BCUT2D eigenvalue weighted by Gasteiger charge is -1.97. The number of nitrogens with zero attached hydrogens (tertiary/aromatic N) is 2. The largest absolute Gasteiger partial charge is 0.236 e. The van der Waals surface area contributed by atoms with Crippen molar-refractivity contribution >= 4 is 158 Å². The maximum Gasteiger partial charge on any atom is 0.124 e. The number of hydrogen-bond acceptors (Lipinski definition) is 8. The molecule has 0 aliphatic carbocycles. The van der Waals surface area contributed by atoms with E-state index in [2.05, 4.69) is 109 Å². The summed E-state index contributed by atoms with van der Waals surface area (Å²) in [5.74, 6) is 0. The van der Waals surface area contributed by atoms with Gasteiger partial charge in [-0.2, -0.15) is 0 Å². The van der Waals surface area contributed by atoms with Gasteiger partial charge in [-0.1, -0.05) is 60.7 Å². The molecule has 0 saturated heterocycles. The fraction of sp³-hybridized carbons (Fsp3) is 0. The van der Waals surface area contributed by atoms with Crippen LogP contribution < -0.4 is 0 Å². The van der Waals surface area contributed by atoms with Gasteiger partial charge in [0, 0.05) is 51.5 Å². The summed E-state index contributed by atoms with van der Waals surface area (Å²) in [5.41, 5.74) is 4.49. The monoisotopic (exact) mass is 718 g/mol. The van der Waals surface area contributed by atoms with Crippen molar-refractivity contribution in [3.63, 3.8) is 0 Å². The van der Waals surface area contributed by atoms with Crippen LogP contribution in [0.2, 0.25) is 0 Å². The molecule has 6 aromatic carbocycles. The van der Waals surface area contributed by atoms with Crippen LogP contribution in [0.3, 0.4) is 0 Å². The lowest BCUT2D eigenvalue weighted by molar-refractivity contribution is 1.49. The quantitative estimate of drug-likeness (QED) is 0.178. The Morgan fingerprint density at radius 1 is 0.333 bits per heavy atom. The molecule has 0 spiro atoms. The minimum Gasteiger partial charge on any atom is -0.236 e. The van der Waals surface area contributed by atoms with E-state index in [1.807, 2.05) is 45.3 Å². The van der Waals surface area contributed by atoms with Crippen molar-refractivity contribution < 1.29 is 0 Å². The predicted molar refractivity (Wildman–Crippen MR) is 218 cm³/mol. The first-order valence-corrected chi connectivity index (χ1v) is 20.4. The van der Waals surface area contributed by atoms with Gasteiger partial charge in [-0.05, 0) is 59.3 Å². The highest BCUT2D eigenvalue weighted by Gasteiger charge is 2.17. The van der Waals surface area contributed by atoms with Gasteiger partial charge in [0.1, 0.15) is 10.0 Å². The maximum absolute atomic E-state index is 5.14. The van der Waals surface area contributed by atoms with E-state index in [-0.39, 0.29) is 0 Å². The Balaban J connectivity index is 0.926. The van der Waals surface area contributed by atoms with E-state index in [9.17, 15) is 0 Å². The first kappa shape index (κ1) is 26.6. The average molecular weight is 719 g/mol. The molecule has 8 heteroatoms. The van der Waals surface area contributed by atoms with Crippen LogP contribution in [0.25, 0.3) is 111 Å². The minimum atomic E-state index is 1.06. The Morgan fingerprint density at radius 3 is 1.23 bits per heavy atom. The van der Waals surface area contributed by atoms with E-state index in [1.54, 1.807) is 22.7 Å². The van der Waals surface area contributed by atoms with Crippen LogP contribution in [0.1, 0.15) is 0 Å². The summed E-state index contributed by atoms with van der Waals surface area (Å²) in [5, 5.41) is 10.00. The van der Waals surface area contributed by atoms with Crippen molar-refractivity contribution in [3.8, 4) is 21.1 Å². The lowest BCUT2D eigenvalue weighted by atomic mass is 10.1. The molecule has 6 aromatic heterocycles.